The van der Waals surface area contributed by atoms with E-state index in [4.69, 9.17) is 9.52 Å². The summed E-state index contributed by atoms with van der Waals surface area (Å²) in [6, 6.07) is 6.45. The number of carbonyl (C=O) groups is 1. The molecule has 1 aromatic carbocycles. The van der Waals surface area contributed by atoms with E-state index in [-0.39, 0.29) is 17.2 Å². The number of hydrogen-bond donors (Lipinski definition) is 1. The zero-order chi connectivity index (χ0) is 13.6. The van der Waals surface area contributed by atoms with Gasteiger partial charge in [0.1, 0.15) is 23.2 Å². The molecule has 0 saturated heterocycles. The lowest BCUT2D eigenvalue weighted by molar-refractivity contribution is -0.138. The molecule has 0 aliphatic heterocycles. The number of carboxylic acids is 1. The average Bonchev–Trinajstić information content (AvgIpc) is 3.01. The van der Waals surface area contributed by atoms with Gasteiger partial charge in [0.05, 0.1) is 11.5 Å². The summed E-state index contributed by atoms with van der Waals surface area (Å²) in [6.07, 6.45) is 0.536. The molecule has 3 rings (SSSR count). The van der Waals surface area contributed by atoms with Gasteiger partial charge in [0.25, 0.3) is 0 Å². The molecule has 98 valence electrons. The minimum Gasteiger partial charge on any atom is -0.481 e. The number of carboxylic acid groups (broad SMARTS) is 1. The molecular formula is C14H10F2O3. The van der Waals surface area contributed by atoms with Gasteiger partial charge < -0.3 is 9.52 Å². The van der Waals surface area contributed by atoms with E-state index in [1.807, 2.05) is 0 Å². The van der Waals surface area contributed by atoms with Gasteiger partial charge in [0, 0.05) is 12.0 Å². The summed E-state index contributed by atoms with van der Waals surface area (Å²) < 4.78 is 31.9. The number of halogens is 2. The first-order valence-corrected chi connectivity index (χ1v) is 5.84. The number of aliphatic carboxylic acids is 1. The first-order chi connectivity index (χ1) is 9.06. The van der Waals surface area contributed by atoms with E-state index in [1.54, 1.807) is 12.1 Å². The van der Waals surface area contributed by atoms with Crippen molar-refractivity contribution in [1.82, 2.24) is 0 Å². The van der Waals surface area contributed by atoms with Crippen LogP contribution in [0.5, 0.6) is 0 Å². The summed E-state index contributed by atoms with van der Waals surface area (Å²) in [6.45, 7) is 0. The smallest absolute Gasteiger partial charge is 0.307 e. The topological polar surface area (TPSA) is 50.4 Å². The van der Waals surface area contributed by atoms with Gasteiger partial charge in [-0.25, -0.2) is 8.78 Å². The van der Waals surface area contributed by atoms with E-state index in [0.29, 0.717) is 12.2 Å². The normalized spacial score (nSPS) is 21.4. The molecule has 0 radical (unpaired) electrons. The van der Waals surface area contributed by atoms with Crippen LogP contribution < -0.4 is 0 Å². The Labute approximate surface area is 107 Å². The quantitative estimate of drug-likeness (QED) is 0.924. The number of furan rings is 1. The van der Waals surface area contributed by atoms with E-state index < -0.39 is 23.5 Å². The van der Waals surface area contributed by atoms with E-state index >= 15 is 0 Å². The summed E-state index contributed by atoms with van der Waals surface area (Å²) in [7, 11) is 0. The lowest BCUT2D eigenvalue weighted by Gasteiger charge is -1.99. The van der Waals surface area contributed by atoms with Crippen LogP contribution in [0.1, 0.15) is 18.1 Å². The fourth-order valence-electron chi connectivity index (χ4n) is 2.17. The predicted octanol–water partition coefficient (Wildman–Crippen LogP) is 3.41. The SMILES string of the molecule is O=C(O)[C@H]1C[C@H]1c1ccc(-c2ccc(F)cc2F)o1. The van der Waals surface area contributed by atoms with Gasteiger partial charge in [0.15, 0.2) is 0 Å². The largest absolute Gasteiger partial charge is 0.481 e. The van der Waals surface area contributed by atoms with Crippen molar-refractivity contribution < 1.29 is 23.1 Å². The molecule has 1 saturated carbocycles. The van der Waals surface area contributed by atoms with Crippen molar-refractivity contribution >= 4 is 5.97 Å². The van der Waals surface area contributed by atoms with Crippen molar-refractivity contribution in [3.05, 3.63) is 47.7 Å². The highest BCUT2D eigenvalue weighted by Crippen LogP contribution is 2.48. The van der Waals surface area contributed by atoms with E-state index in [1.165, 1.54) is 6.07 Å². The fourth-order valence-corrected chi connectivity index (χ4v) is 2.17. The monoisotopic (exact) mass is 264 g/mol. The molecule has 5 heteroatoms. The van der Waals surface area contributed by atoms with Gasteiger partial charge in [-0.3, -0.25) is 4.79 Å². The minimum atomic E-state index is -0.851. The zero-order valence-corrected chi connectivity index (χ0v) is 9.77. The molecule has 1 aromatic heterocycles. The summed E-state index contributed by atoms with van der Waals surface area (Å²) in [5.74, 6) is -1.95. The van der Waals surface area contributed by atoms with Gasteiger partial charge in [-0.15, -0.1) is 0 Å². The van der Waals surface area contributed by atoms with Crippen molar-refractivity contribution in [2.45, 2.75) is 12.3 Å². The van der Waals surface area contributed by atoms with Crippen LogP contribution in [-0.2, 0) is 4.79 Å². The molecule has 19 heavy (non-hydrogen) atoms. The van der Waals surface area contributed by atoms with Crippen LogP contribution in [0.15, 0.2) is 34.7 Å². The summed E-state index contributed by atoms with van der Waals surface area (Å²) in [4.78, 5) is 10.8. The zero-order valence-electron chi connectivity index (χ0n) is 9.77. The maximum absolute atomic E-state index is 13.6. The van der Waals surface area contributed by atoms with Crippen LogP contribution in [0, 0.1) is 17.6 Å². The predicted molar refractivity (Wildman–Crippen MR) is 62.5 cm³/mol. The van der Waals surface area contributed by atoms with Crippen LogP contribution in [-0.4, -0.2) is 11.1 Å². The van der Waals surface area contributed by atoms with Crippen LogP contribution in [0.2, 0.25) is 0 Å². The Morgan fingerprint density at radius 3 is 2.68 bits per heavy atom. The van der Waals surface area contributed by atoms with Crippen molar-refractivity contribution in [3.63, 3.8) is 0 Å². The molecule has 0 spiro atoms. The molecule has 1 fully saturated rings. The highest BCUT2D eigenvalue weighted by Gasteiger charge is 2.46. The second-order valence-corrected chi connectivity index (χ2v) is 4.61. The molecule has 1 heterocycles. The van der Waals surface area contributed by atoms with Crippen molar-refractivity contribution in [3.8, 4) is 11.3 Å². The van der Waals surface area contributed by atoms with Gasteiger partial charge in [-0.2, -0.15) is 0 Å². The maximum Gasteiger partial charge on any atom is 0.307 e. The van der Waals surface area contributed by atoms with Crippen LogP contribution in [0.4, 0.5) is 8.78 Å². The van der Waals surface area contributed by atoms with Crippen molar-refractivity contribution in [1.29, 1.82) is 0 Å². The Morgan fingerprint density at radius 1 is 1.26 bits per heavy atom. The molecule has 1 N–H and O–H groups in total. The Kier molecular flexibility index (Phi) is 2.62. The third kappa shape index (κ3) is 2.12. The van der Waals surface area contributed by atoms with Crippen molar-refractivity contribution in [2.75, 3.05) is 0 Å². The Balaban J connectivity index is 1.88. The molecule has 1 aliphatic carbocycles. The Morgan fingerprint density at radius 2 is 2.05 bits per heavy atom. The van der Waals surface area contributed by atoms with Gasteiger partial charge in [0.2, 0.25) is 0 Å². The standard InChI is InChI=1S/C14H10F2O3/c15-7-1-2-8(11(16)5-7)12-3-4-13(19-12)9-6-10(9)14(17)18/h1-5,9-10H,6H2,(H,17,18)/t9-,10+/m1/s1. The second kappa shape index (κ2) is 4.19. The molecule has 3 nitrogen and oxygen atoms in total. The Bertz CT molecular complexity index is 648. The average molecular weight is 264 g/mol. The molecule has 0 bridgehead atoms. The number of rotatable bonds is 3. The molecule has 0 amide bonds. The first-order valence-electron chi connectivity index (χ1n) is 5.84. The number of hydrogen-bond acceptors (Lipinski definition) is 2. The highest BCUT2D eigenvalue weighted by molar-refractivity contribution is 5.75. The van der Waals surface area contributed by atoms with E-state index in [0.717, 1.165) is 12.1 Å². The fraction of sp³-hybridized carbons (Fsp3) is 0.214. The molecule has 2 atom stereocenters. The van der Waals surface area contributed by atoms with Gasteiger partial charge in [-0.1, -0.05) is 0 Å². The summed E-state index contributed by atoms with van der Waals surface area (Å²) in [5, 5.41) is 8.84. The maximum atomic E-state index is 13.6. The third-order valence-electron chi connectivity index (χ3n) is 3.30. The second-order valence-electron chi connectivity index (χ2n) is 4.61. The minimum absolute atomic E-state index is 0.144. The summed E-state index contributed by atoms with van der Waals surface area (Å²) in [5.41, 5.74) is 0.167. The Hall–Kier alpha value is -2.17. The van der Waals surface area contributed by atoms with Gasteiger partial charge in [-0.05, 0) is 30.7 Å². The first kappa shape index (κ1) is 11.9. The third-order valence-corrected chi connectivity index (χ3v) is 3.30. The van der Waals surface area contributed by atoms with Crippen molar-refractivity contribution in [2.24, 2.45) is 5.92 Å². The van der Waals surface area contributed by atoms with E-state index in [9.17, 15) is 13.6 Å². The summed E-state index contributed by atoms with van der Waals surface area (Å²) >= 11 is 0. The lowest BCUT2D eigenvalue weighted by Crippen LogP contribution is -1.98. The van der Waals surface area contributed by atoms with Gasteiger partial charge >= 0.3 is 5.97 Å². The van der Waals surface area contributed by atoms with Crippen LogP contribution in [0.3, 0.4) is 0 Å². The highest BCUT2D eigenvalue weighted by atomic mass is 19.1. The molecule has 2 aromatic rings. The molecular weight excluding hydrogens is 254 g/mol. The van der Waals surface area contributed by atoms with Crippen LogP contribution >= 0.6 is 0 Å². The number of benzene rings is 1. The lowest BCUT2D eigenvalue weighted by atomic mass is 10.1. The van der Waals surface area contributed by atoms with Crippen LogP contribution in [0.25, 0.3) is 11.3 Å². The van der Waals surface area contributed by atoms with E-state index in [2.05, 4.69) is 0 Å². The molecule has 1 aliphatic rings. The molecule has 0 unspecified atom stereocenters.